The van der Waals surface area contributed by atoms with Crippen LogP contribution in [0.4, 0.5) is 11.4 Å². The molecule has 1 fully saturated rings. The molecule has 9 N–H and O–H groups in total. The van der Waals surface area contributed by atoms with Crippen LogP contribution in [0, 0.1) is 11.8 Å². The van der Waals surface area contributed by atoms with E-state index in [2.05, 4.69) is 10.6 Å². The normalized spacial score (nSPS) is 28.0. The number of benzene rings is 2. The Morgan fingerprint density at radius 2 is 1.86 bits per heavy atom. The summed E-state index contributed by atoms with van der Waals surface area (Å²) in [5.74, 6) is -9.48. The summed E-state index contributed by atoms with van der Waals surface area (Å²) in [6, 6.07) is 5.17. The van der Waals surface area contributed by atoms with Gasteiger partial charge < -0.3 is 55.9 Å². The number of nitrogens with one attached hydrogen (secondary N) is 2. The summed E-state index contributed by atoms with van der Waals surface area (Å²) in [6.07, 6.45) is -1.72. The summed E-state index contributed by atoms with van der Waals surface area (Å²) >= 11 is 0. The molecule has 16 nitrogen and oxygen atoms in total. The van der Waals surface area contributed by atoms with Crippen molar-refractivity contribution in [2.45, 2.75) is 43.6 Å². The van der Waals surface area contributed by atoms with Crippen molar-refractivity contribution in [1.29, 1.82) is 0 Å². The highest BCUT2D eigenvalue weighted by Gasteiger charge is 2.68. The monoisotopic (exact) mass is 704 g/mol. The van der Waals surface area contributed by atoms with Gasteiger partial charge in [-0.2, -0.15) is 0 Å². The van der Waals surface area contributed by atoms with E-state index in [9.17, 15) is 44.7 Å². The molecule has 51 heavy (non-hydrogen) atoms. The number of ether oxygens (including phenoxy) is 1. The van der Waals surface area contributed by atoms with Gasteiger partial charge in [0.25, 0.3) is 5.91 Å². The summed E-state index contributed by atoms with van der Waals surface area (Å²) in [5.41, 5.74) is 3.37. The van der Waals surface area contributed by atoms with Gasteiger partial charge in [-0.1, -0.05) is 13.0 Å². The average molecular weight is 704 g/mol. The number of carbonyl (C=O) groups is 4. The molecule has 7 rings (SSSR count). The first-order valence-electron chi connectivity index (χ1n) is 16.4. The lowest BCUT2D eigenvalue weighted by atomic mass is 9.54. The average Bonchev–Trinajstić information content (AvgIpc) is 3.36. The molecule has 0 aromatic heterocycles. The van der Waals surface area contributed by atoms with Crippen molar-refractivity contribution in [2.24, 2.45) is 17.6 Å². The van der Waals surface area contributed by atoms with Gasteiger partial charge in [-0.15, -0.1) is 0 Å². The standard InChI is InChI=1S/C34H37BN4O12/c1-13-16-4-5-17(37-7-6-19(40)38-15-10-14-12-51-35-25(14)18(11-15)49-8-9-50-35)27(41)21(16)28(42)22-20(13)29(43)24-26(39(2)3)30(44)23(33(36)47)32(46)34(24,48)31(22)45/h4-5,10-11,13,20,24,26,29,37,41-43,46,48H,6-9,12H2,1-3H3,(H2,36,47)(H,38,40)/t13-,20+,24+,26-,29-,34-/m0/s1. The second-order valence-electron chi connectivity index (χ2n) is 13.6. The summed E-state index contributed by atoms with van der Waals surface area (Å²) < 4.78 is 17.1. The minimum Gasteiger partial charge on any atom is -0.508 e. The largest absolute Gasteiger partial charge is 0.508 e. The number of phenolic OH excluding ortho intramolecular Hbond substituents is 1. The molecule has 1 saturated carbocycles. The number of nitrogens with zero attached hydrogens (tertiary/aromatic N) is 1. The molecule has 2 aromatic carbocycles. The van der Waals surface area contributed by atoms with Gasteiger partial charge in [-0.25, -0.2) is 0 Å². The van der Waals surface area contributed by atoms with E-state index in [1.807, 2.05) is 0 Å². The minimum atomic E-state index is -3.01. The van der Waals surface area contributed by atoms with Crippen LogP contribution in [-0.4, -0.2) is 113 Å². The van der Waals surface area contributed by atoms with Crippen molar-refractivity contribution >= 4 is 53.1 Å². The van der Waals surface area contributed by atoms with Gasteiger partial charge in [0.15, 0.2) is 11.4 Å². The first kappa shape index (κ1) is 34.5. The smallest absolute Gasteiger partial charge is 0.498 e. The third kappa shape index (κ3) is 5.10. The number of aromatic hydroxyl groups is 1. The van der Waals surface area contributed by atoms with E-state index in [1.54, 1.807) is 25.1 Å². The molecule has 268 valence electrons. The number of Topliss-reactive ketones (excluding diaryl/α,β-unsaturated/α-hetero) is 2. The van der Waals surface area contributed by atoms with Gasteiger partial charge in [-0.05, 0) is 43.3 Å². The molecule has 2 heterocycles. The van der Waals surface area contributed by atoms with E-state index >= 15 is 0 Å². The van der Waals surface area contributed by atoms with E-state index in [4.69, 9.17) is 19.8 Å². The number of hydrogen-bond donors (Lipinski definition) is 8. The molecule has 5 aliphatic rings. The molecular formula is C34H37BN4O12. The summed E-state index contributed by atoms with van der Waals surface area (Å²) in [5, 5.41) is 63.4. The van der Waals surface area contributed by atoms with Crippen LogP contribution in [0.2, 0.25) is 0 Å². The zero-order valence-corrected chi connectivity index (χ0v) is 27.9. The predicted octanol–water partition coefficient (Wildman–Crippen LogP) is -0.429. The summed E-state index contributed by atoms with van der Waals surface area (Å²) in [6.45, 7) is 2.72. The number of rotatable bonds is 7. The molecule has 0 saturated heterocycles. The van der Waals surface area contributed by atoms with E-state index in [1.165, 1.54) is 25.1 Å². The predicted molar refractivity (Wildman–Crippen MR) is 180 cm³/mol. The number of ketones is 2. The molecule has 17 heteroatoms. The molecular weight excluding hydrogens is 667 g/mol. The lowest BCUT2D eigenvalue weighted by Crippen LogP contribution is -2.70. The Kier molecular flexibility index (Phi) is 8.38. The van der Waals surface area contributed by atoms with Crippen molar-refractivity contribution in [1.82, 2.24) is 4.90 Å². The number of anilines is 2. The number of carbonyl (C=O) groups excluding carboxylic acids is 4. The zero-order valence-electron chi connectivity index (χ0n) is 27.9. The van der Waals surface area contributed by atoms with Crippen molar-refractivity contribution in [3.8, 4) is 11.5 Å². The van der Waals surface area contributed by atoms with Gasteiger partial charge in [-0.3, -0.25) is 24.1 Å². The number of fused-ring (bicyclic) bond motifs is 3. The van der Waals surface area contributed by atoms with Crippen LogP contribution >= 0.6 is 0 Å². The molecule has 2 aliphatic heterocycles. The van der Waals surface area contributed by atoms with Crippen molar-refractivity contribution < 1.29 is 58.8 Å². The second kappa shape index (κ2) is 12.4. The Balaban J connectivity index is 1.15. The highest BCUT2D eigenvalue weighted by atomic mass is 16.6. The molecule has 2 amide bonds. The van der Waals surface area contributed by atoms with E-state index < -0.39 is 88.5 Å². The summed E-state index contributed by atoms with van der Waals surface area (Å²) in [7, 11) is 2.38. The SMILES string of the molecule is C[C@H]1c2ccc(NCCC(=O)Nc3cc4c5c(c3)OCCOB5OC4)c(O)c2C(O)=C2C(=O)[C@]3(O)C(O)=C(C(N)=O)C(=O)[C@@H](N(C)C)[C@@H]3[C@@H](O)[C@@H]21. The Morgan fingerprint density at radius 1 is 1.12 bits per heavy atom. The van der Waals surface area contributed by atoms with Crippen LogP contribution in [0.25, 0.3) is 5.76 Å². The maximum absolute atomic E-state index is 14.2. The molecule has 2 aromatic rings. The fourth-order valence-electron chi connectivity index (χ4n) is 8.24. The lowest BCUT2D eigenvalue weighted by Gasteiger charge is -2.53. The first-order valence-corrected chi connectivity index (χ1v) is 16.4. The number of aliphatic hydroxyl groups excluding tert-OH is 3. The second-order valence-corrected chi connectivity index (χ2v) is 13.6. The van der Waals surface area contributed by atoms with Crippen LogP contribution in [0.1, 0.15) is 36.0 Å². The van der Waals surface area contributed by atoms with Crippen molar-refractivity contribution in [2.75, 3.05) is 44.5 Å². The molecule has 0 spiro atoms. The molecule has 0 unspecified atom stereocenters. The Bertz CT molecular complexity index is 1960. The Morgan fingerprint density at radius 3 is 2.57 bits per heavy atom. The molecule has 0 radical (unpaired) electrons. The van der Waals surface area contributed by atoms with Crippen LogP contribution in [0.5, 0.6) is 11.5 Å². The van der Waals surface area contributed by atoms with Crippen molar-refractivity contribution in [3.05, 3.63) is 57.9 Å². The van der Waals surface area contributed by atoms with Crippen LogP contribution in [0.3, 0.4) is 0 Å². The van der Waals surface area contributed by atoms with Gasteiger partial charge in [0.05, 0.1) is 42.5 Å². The number of phenols is 1. The van der Waals surface area contributed by atoms with Gasteiger partial charge >= 0.3 is 7.12 Å². The maximum atomic E-state index is 14.2. The fraction of sp³-hybridized carbons (Fsp3) is 0.412. The number of hydrogen-bond acceptors (Lipinski definition) is 14. The number of nitrogens with two attached hydrogens (primary N) is 1. The number of amides is 2. The molecule has 3 aliphatic carbocycles. The van der Waals surface area contributed by atoms with Crippen LogP contribution < -0.4 is 26.6 Å². The topological polar surface area (TPSA) is 250 Å². The van der Waals surface area contributed by atoms with Gasteiger partial charge in [0.2, 0.25) is 11.7 Å². The van der Waals surface area contributed by atoms with E-state index in [0.717, 1.165) is 11.0 Å². The van der Waals surface area contributed by atoms with Gasteiger partial charge in [0, 0.05) is 41.7 Å². The minimum absolute atomic E-state index is 0.0315. The number of likely N-dealkylation sites (N-methyl/N-ethyl adjacent to an activating group) is 1. The van der Waals surface area contributed by atoms with Crippen molar-refractivity contribution in [3.63, 3.8) is 0 Å². The van der Waals surface area contributed by atoms with Crippen LogP contribution in [-0.2, 0) is 35.1 Å². The number of primary amides is 1. The maximum Gasteiger partial charge on any atom is 0.498 e. The van der Waals surface area contributed by atoms with Crippen LogP contribution in [0.15, 0.2) is 41.2 Å². The lowest BCUT2D eigenvalue weighted by molar-refractivity contribution is -0.169. The zero-order chi connectivity index (χ0) is 36.7. The highest BCUT2D eigenvalue weighted by Crippen LogP contribution is 2.56. The number of aliphatic hydroxyl groups is 4. The summed E-state index contributed by atoms with van der Waals surface area (Å²) in [4.78, 5) is 54.0. The third-order valence-corrected chi connectivity index (χ3v) is 10.5. The van der Waals surface area contributed by atoms with E-state index in [-0.39, 0.29) is 30.1 Å². The third-order valence-electron chi connectivity index (χ3n) is 10.5. The molecule has 0 bridgehead atoms. The first-order chi connectivity index (χ1) is 24.2. The van der Waals surface area contributed by atoms with E-state index in [0.29, 0.717) is 36.8 Å². The fourth-order valence-corrected chi connectivity index (χ4v) is 8.24. The Hall–Kier alpha value is -4.94. The highest BCUT2D eigenvalue weighted by molar-refractivity contribution is 6.64. The van der Waals surface area contributed by atoms with Gasteiger partial charge in [0.1, 0.15) is 35.2 Å². The quantitative estimate of drug-likeness (QED) is 0.104. The molecule has 6 atom stereocenters. The Labute approximate surface area is 291 Å².